The molecule has 5 heteroatoms. The van der Waals surface area contributed by atoms with Gasteiger partial charge in [0.25, 0.3) is 0 Å². The van der Waals surface area contributed by atoms with Gasteiger partial charge >= 0.3 is 0 Å². The summed E-state index contributed by atoms with van der Waals surface area (Å²) in [7, 11) is 0. The van der Waals surface area contributed by atoms with Crippen LogP contribution in [0.25, 0.3) is 0 Å². The number of hydrogen-bond donors (Lipinski definition) is 2. The molecule has 0 aliphatic heterocycles. The molecule has 0 saturated heterocycles. The van der Waals surface area contributed by atoms with Crippen LogP contribution in [0.3, 0.4) is 0 Å². The summed E-state index contributed by atoms with van der Waals surface area (Å²) in [6.07, 6.45) is 3.89. The Hall–Kier alpha value is -1.85. The maximum absolute atomic E-state index is 5.73. The lowest BCUT2D eigenvalue weighted by Crippen LogP contribution is -2.31. The fourth-order valence-electron chi connectivity index (χ4n) is 2.21. The molecule has 2 rings (SSSR count). The molecule has 0 saturated carbocycles. The number of ether oxygens (including phenoxy) is 1. The Morgan fingerprint density at radius 1 is 1.40 bits per heavy atom. The minimum absolute atomic E-state index is 0.146. The third-order valence-corrected chi connectivity index (χ3v) is 3.08. The molecule has 1 atom stereocenters. The third kappa shape index (κ3) is 3.18. The Morgan fingerprint density at radius 3 is 2.85 bits per heavy atom. The van der Waals surface area contributed by atoms with E-state index in [1.54, 1.807) is 6.20 Å². The predicted molar refractivity (Wildman–Crippen MR) is 79.3 cm³/mol. The average molecular weight is 274 g/mol. The summed E-state index contributed by atoms with van der Waals surface area (Å²) in [4.78, 5) is 4.40. The molecule has 2 aromatic rings. The first kappa shape index (κ1) is 14.6. The summed E-state index contributed by atoms with van der Waals surface area (Å²) in [5, 5.41) is 0. The minimum atomic E-state index is -0.152. The second kappa shape index (κ2) is 6.54. The first-order valence-electron chi connectivity index (χ1n) is 6.89. The van der Waals surface area contributed by atoms with E-state index in [-0.39, 0.29) is 12.1 Å². The van der Waals surface area contributed by atoms with Crippen LogP contribution in [0.2, 0.25) is 0 Å². The van der Waals surface area contributed by atoms with Gasteiger partial charge in [-0.15, -0.1) is 0 Å². The lowest BCUT2D eigenvalue weighted by atomic mass is 10.1. The van der Waals surface area contributed by atoms with Crippen molar-refractivity contribution in [3.8, 4) is 5.75 Å². The van der Waals surface area contributed by atoms with Crippen LogP contribution in [-0.4, -0.2) is 15.7 Å². The summed E-state index contributed by atoms with van der Waals surface area (Å²) in [5.74, 6) is 7.47. The highest BCUT2D eigenvalue weighted by Crippen LogP contribution is 2.24. The van der Waals surface area contributed by atoms with Gasteiger partial charge in [-0.2, -0.15) is 0 Å². The lowest BCUT2D eigenvalue weighted by Gasteiger charge is -2.18. The molecular formula is C15H22N4O. The van der Waals surface area contributed by atoms with Gasteiger partial charge in [0.2, 0.25) is 0 Å². The fourth-order valence-corrected chi connectivity index (χ4v) is 2.21. The van der Waals surface area contributed by atoms with Crippen molar-refractivity contribution in [3.63, 3.8) is 0 Å². The number of aryl methyl sites for hydroxylation is 1. The quantitative estimate of drug-likeness (QED) is 0.626. The highest BCUT2D eigenvalue weighted by atomic mass is 16.5. The summed E-state index contributed by atoms with van der Waals surface area (Å²) < 4.78 is 7.80. The molecule has 3 N–H and O–H groups in total. The molecule has 0 bridgehead atoms. The van der Waals surface area contributed by atoms with E-state index in [0.29, 0.717) is 0 Å². The third-order valence-electron chi connectivity index (χ3n) is 3.08. The monoisotopic (exact) mass is 274 g/mol. The molecule has 108 valence electrons. The maximum atomic E-state index is 5.73. The van der Waals surface area contributed by atoms with Crippen molar-refractivity contribution >= 4 is 0 Å². The molecule has 0 fully saturated rings. The highest BCUT2D eigenvalue weighted by molar-refractivity contribution is 5.33. The number of aromatic nitrogens is 2. The Labute approximate surface area is 119 Å². The van der Waals surface area contributed by atoms with Gasteiger partial charge in [-0.25, -0.2) is 10.4 Å². The van der Waals surface area contributed by atoms with E-state index in [0.717, 1.165) is 23.7 Å². The Morgan fingerprint density at radius 2 is 2.20 bits per heavy atom. The van der Waals surface area contributed by atoms with Crippen molar-refractivity contribution in [2.75, 3.05) is 0 Å². The Kier molecular flexibility index (Phi) is 4.76. The Bertz CT molecular complexity index is 550. The number of nitrogens with one attached hydrogen (secondary N) is 1. The number of nitrogens with zero attached hydrogens (tertiary/aromatic N) is 2. The summed E-state index contributed by atoms with van der Waals surface area (Å²) in [6.45, 7) is 6.96. The van der Waals surface area contributed by atoms with Crippen molar-refractivity contribution in [2.24, 2.45) is 5.84 Å². The second-order valence-electron chi connectivity index (χ2n) is 4.91. The first-order chi connectivity index (χ1) is 9.65. The lowest BCUT2D eigenvalue weighted by molar-refractivity contribution is 0.242. The van der Waals surface area contributed by atoms with Crippen LogP contribution in [0.1, 0.15) is 38.2 Å². The largest absolute Gasteiger partial charge is 0.491 e. The standard InChI is InChI=1S/C15H22N4O/c1-4-19-9-8-17-15(19)14(18-16)12-6-5-7-13(10-12)20-11(2)3/h5-11,14,18H,4,16H2,1-3H3. The number of hydrazine groups is 1. The van der Waals surface area contributed by atoms with Crippen LogP contribution in [0.5, 0.6) is 5.75 Å². The number of nitrogens with two attached hydrogens (primary N) is 1. The average Bonchev–Trinajstić information content (AvgIpc) is 2.87. The molecule has 5 nitrogen and oxygen atoms in total. The van der Waals surface area contributed by atoms with Crippen molar-refractivity contribution in [1.29, 1.82) is 0 Å². The molecular weight excluding hydrogens is 252 g/mol. The van der Waals surface area contributed by atoms with Crippen LogP contribution in [0, 0.1) is 0 Å². The number of rotatable bonds is 6. The van der Waals surface area contributed by atoms with E-state index in [4.69, 9.17) is 10.6 Å². The SMILES string of the molecule is CCn1ccnc1C(NN)c1cccc(OC(C)C)c1. The number of imidazole rings is 1. The number of hydrogen-bond acceptors (Lipinski definition) is 4. The van der Waals surface area contributed by atoms with Gasteiger partial charge in [0.1, 0.15) is 17.6 Å². The van der Waals surface area contributed by atoms with E-state index in [1.165, 1.54) is 0 Å². The van der Waals surface area contributed by atoms with Crippen molar-refractivity contribution in [3.05, 3.63) is 48.0 Å². The number of benzene rings is 1. The van der Waals surface area contributed by atoms with E-state index in [2.05, 4.69) is 21.9 Å². The molecule has 1 aromatic carbocycles. The molecule has 0 aliphatic rings. The first-order valence-corrected chi connectivity index (χ1v) is 6.89. The minimum Gasteiger partial charge on any atom is -0.491 e. The second-order valence-corrected chi connectivity index (χ2v) is 4.91. The van der Waals surface area contributed by atoms with Crippen molar-refractivity contribution < 1.29 is 4.74 Å². The normalized spacial score (nSPS) is 12.7. The Balaban J connectivity index is 2.32. The molecule has 0 amide bonds. The summed E-state index contributed by atoms with van der Waals surface area (Å²) in [6, 6.07) is 7.78. The van der Waals surface area contributed by atoms with Crippen LogP contribution >= 0.6 is 0 Å². The molecule has 0 aliphatic carbocycles. The topological polar surface area (TPSA) is 65.1 Å². The maximum Gasteiger partial charge on any atom is 0.131 e. The molecule has 20 heavy (non-hydrogen) atoms. The summed E-state index contributed by atoms with van der Waals surface area (Å²) in [5.41, 5.74) is 3.87. The van der Waals surface area contributed by atoms with E-state index >= 15 is 0 Å². The van der Waals surface area contributed by atoms with Crippen molar-refractivity contribution in [2.45, 2.75) is 39.5 Å². The molecule has 0 spiro atoms. The van der Waals surface area contributed by atoms with Crippen LogP contribution in [0.4, 0.5) is 0 Å². The van der Waals surface area contributed by atoms with Crippen LogP contribution in [0.15, 0.2) is 36.7 Å². The van der Waals surface area contributed by atoms with Gasteiger partial charge in [0.15, 0.2) is 0 Å². The zero-order valence-corrected chi connectivity index (χ0v) is 12.2. The van der Waals surface area contributed by atoms with E-state index in [1.807, 2.05) is 44.3 Å². The van der Waals surface area contributed by atoms with Crippen LogP contribution < -0.4 is 16.0 Å². The van der Waals surface area contributed by atoms with Crippen LogP contribution in [-0.2, 0) is 6.54 Å². The van der Waals surface area contributed by atoms with Gasteiger partial charge in [-0.05, 0) is 38.5 Å². The zero-order chi connectivity index (χ0) is 14.5. The van der Waals surface area contributed by atoms with Gasteiger partial charge in [-0.1, -0.05) is 12.1 Å². The van der Waals surface area contributed by atoms with Gasteiger partial charge in [-0.3, -0.25) is 5.84 Å². The van der Waals surface area contributed by atoms with Gasteiger partial charge in [0, 0.05) is 18.9 Å². The predicted octanol–water partition coefficient (Wildman–Crippen LogP) is 2.24. The smallest absolute Gasteiger partial charge is 0.131 e. The van der Waals surface area contributed by atoms with Crippen molar-refractivity contribution in [1.82, 2.24) is 15.0 Å². The van der Waals surface area contributed by atoms with Gasteiger partial charge in [0.05, 0.1) is 6.10 Å². The van der Waals surface area contributed by atoms with E-state index < -0.39 is 0 Å². The van der Waals surface area contributed by atoms with Gasteiger partial charge < -0.3 is 9.30 Å². The molecule has 1 aromatic heterocycles. The zero-order valence-electron chi connectivity index (χ0n) is 12.2. The summed E-state index contributed by atoms with van der Waals surface area (Å²) >= 11 is 0. The molecule has 0 radical (unpaired) electrons. The molecule has 1 unspecified atom stereocenters. The molecule has 1 heterocycles. The fraction of sp³-hybridized carbons (Fsp3) is 0.400. The highest BCUT2D eigenvalue weighted by Gasteiger charge is 2.18. The van der Waals surface area contributed by atoms with E-state index in [9.17, 15) is 0 Å².